The van der Waals surface area contributed by atoms with E-state index < -0.39 is 0 Å². The molecule has 3 rings (SSSR count). The summed E-state index contributed by atoms with van der Waals surface area (Å²) in [5, 5.41) is 3.44. The molecule has 2 aromatic rings. The van der Waals surface area contributed by atoms with Gasteiger partial charge in [0, 0.05) is 44.1 Å². The molecule has 3 N–H and O–H groups in total. The van der Waals surface area contributed by atoms with Crippen LogP contribution in [0.2, 0.25) is 5.02 Å². The van der Waals surface area contributed by atoms with E-state index in [1.54, 1.807) is 12.1 Å². The second-order valence-corrected chi connectivity index (χ2v) is 6.86. The largest absolute Gasteiger partial charge is 0.496 e. The maximum absolute atomic E-state index is 12.6. The number of methoxy groups -OCH3 is 1. The highest BCUT2D eigenvalue weighted by molar-refractivity contribution is 6.33. The Balaban J connectivity index is 1.56. The van der Waals surface area contributed by atoms with Gasteiger partial charge < -0.3 is 15.8 Å². The number of nitrogens with zero attached hydrogens (tertiary/aromatic N) is 2. The van der Waals surface area contributed by atoms with Gasteiger partial charge in [0.2, 0.25) is 0 Å². The number of aromatic nitrogens is 1. The van der Waals surface area contributed by atoms with Gasteiger partial charge in [-0.05, 0) is 36.6 Å². The van der Waals surface area contributed by atoms with Gasteiger partial charge in [-0.1, -0.05) is 11.6 Å². The molecule has 0 spiro atoms. The zero-order valence-electron chi connectivity index (χ0n) is 14.7. The maximum atomic E-state index is 12.6. The summed E-state index contributed by atoms with van der Waals surface area (Å²) in [7, 11) is 1.51. The first-order valence-electron chi connectivity index (χ1n) is 8.62. The zero-order chi connectivity index (χ0) is 18.5. The van der Waals surface area contributed by atoms with Crippen LogP contribution >= 0.6 is 11.6 Å². The van der Waals surface area contributed by atoms with Gasteiger partial charge in [0.05, 0.1) is 23.4 Å². The van der Waals surface area contributed by atoms with E-state index in [1.165, 1.54) is 12.7 Å². The van der Waals surface area contributed by atoms with E-state index in [0.29, 0.717) is 22.0 Å². The summed E-state index contributed by atoms with van der Waals surface area (Å²) in [5.74, 6) is 0.246. The van der Waals surface area contributed by atoms with E-state index >= 15 is 0 Å². The molecule has 0 unspecified atom stereocenters. The lowest BCUT2D eigenvalue weighted by atomic mass is 10.0. The monoisotopic (exact) mass is 374 g/mol. The molecule has 1 aromatic carbocycles. The first-order valence-corrected chi connectivity index (χ1v) is 8.99. The molecule has 0 aliphatic carbocycles. The molecule has 26 heavy (non-hydrogen) atoms. The van der Waals surface area contributed by atoms with Gasteiger partial charge >= 0.3 is 0 Å². The van der Waals surface area contributed by atoms with Crippen LogP contribution in [0.5, 0.6) is 5.75 Å². The number of anilines is 1. The number of piperidine rings is 1. The van der Waals surface area contributed by atoms with Gasteiger partial charge in [-0.25, -0.2) is 0 Å². The average Bonchev–Trinajstić information content (AvgIpc) is 2.66. The molecular weight excluding hydrogens is 352 g/mol. The number of ether oxygens (including phenoxy) is 1. The molecule has 138 valence electrons. The van der Waals surface area contributed by atoms with Crippen LogP contribution in [0.4, 0.5) is 5.69 Å². The number of carbonyl (C=O) groups is 1. The summed E-state index contributed by atoms with van der Waals surface area (Å²) in [4.78, 5) is 19.0. The van der Waals surface area contributed by atoms with Crippen LogP contribution in [-0.2, 0) is 6.54 Å². The zero-order valence-corrected chi connectivity index (χ0v) is 15.5. The van der Waals surface area contributed by atoms with Gasteiger partial charge in [0.1, 0.15) is 5.75 Å². The van der Waals surface area contributed by atoms with Crippen molar-refractivity contribution in [3.63, 3.8) is 0 Å². The Morgan fingerprint density at radius 3 is 2.69 bits per heavy atom. The summed E-state index contributed by atoms with van der Waals surface area (Å²) in [5.41, 5.74) is 7.83. The van der Waals surface area contributed by atoms with Crippen LogP contribution in [0.3, 0.4) is 0 Å². The number of nitrogens with one attached hydrogen (secondary N) is 1. The third-order valence-electron chi connectivity index (χ3n) is 4.64. The number of nitrogens with two attached hydrogens (primary N) is 1. The molecule has 0 saturated carbocycles. The Morgan fingerprint density at radius 1 is 1.35 bits per heavy atom. The summed E-state index contributed by atoms with van der Waals surface area (Å²) < 4.78 is 5.26. The standard InChI is InChI=1S/C19H23ClN4O2/c1-26-18-11-17(21)16(20)10-15(18)19(25)23-14-4-8-24(9-5-14)12-13-2-6-22-7-3-13/h2-3,6-7,10-11,14H,4-5,8-9,12,21H2,1H3,(H,23,25). The Hall–Kier alpha value is -2.31. The molecule has 1 amide bonds. The summed E-state index contributed by atoms with van der Waals surface area (Å²) in [6, 6.07) is 7.34. The number of nitrogen functional groups attached to an aromatic ring is 1. The van der Waals surface area contributed by atoms with Crippen molar-refractivity contribution in [3.8, 4) is 5.75 Å². The summed E-state index contributed by atoms with van der Waals surface area (Å²) >= 11 is 6.05. The molecule has 1 aromatic heterocycles. The minimum Gasteiger partial charge on any atom is -0.496 e. The van der Waals surface area contributed by atoms with E-state index in [-0.39, 0.29) is 11.9 Å². The maximum Gasteiger partial charge on any atom is 0.255 e. The number of halogens is 1. The highest BCUT2D eigenvalue weighted by Gasteiger charge is 2.23. The second kappa shape index (κ2) is 8.38. The summed E-state index contributed by atoms with van der Waals surface area (Å²) in [6.45, 7) is 2.78. The van der Waals surface area contributed by atoms with Crippen LogP contribution in [0.1, 0.15) is 28.8 Å². The van der Waals surface area contributed by atoms with Crippen molar-refractivity contribution in [2.75, 3.05) is 25.9 Å². The molecule has 0 bridgehead atoms. The molecule has 0 atom stereocenters. The Labute approximate surface area is 158 Å². The van der Waals surface area contributed by atoms with Crippen molar-refractivity contribution >= 4 is 23.2 Å². The summed E-state index contributed by atoms with van der Waals surface area (Å²) in [6.07, 6.45) is 5.44. The number of hydrogen-bond donors (Lipinski definition) is 2. The fourth-order valence-corrected chi connectivity index (χ4v) is 3.32. The lowest BCUT2D eigenvalue weighted by Gasteiger charge is -2.32. The van der Waals surface area contributed by atoms with Crippen molar-refractivity contribution in [1.82, 2.24) is 15.2 Å². The molecule has 1 aliphatic rings. The third-order valence-corrected chi connectivity index (χ3v) is 4.97. The van der Waals surface area contributed by atoms with E-state index in [9.17, 15) is 4.79 Å². The van der Waals surface area contributed by atoms with E-state index in [0.717, 1.165) is 32.5 Å². The highest BCUT2D eigenvalue weighted by Crippen LogP contribution is 2.29. The minimum atomic E-state index is -0.184. The topological polar surface area (TPSA) is 80.5 Å². The SMILES string of the molecule is COc1cc(N)c(Cl)cc1C(=O)NC1CCN(Cc2ccncc2)CC1. The Bertz CT molecular complexity index is 762. The molecule has 1 aliphatic heterocycles. The van der Waals surface area contributed by atoms with Crippen LogP contribution in [0.25, 0.3) is 0 Å². The molecule has 1 saturated heterocycles. The first-order chi connectivity index (χ1) is 12.6. The van der Waals surface area contributed by atoms with Crippen molar-refractivity contribution in [3.05, 3.63) is 52.8 Å². The van der Waals surface area contributed by atoms with Gasteiger partial charge in [-0.2, -0.15) is 0 Å². The van der Waals surface area contributed by atoms with Crippen molar-refractivity contribution in [2.24, 2.45) is 0 Å². The third kappa shape index (κ3) is 4.45. The van der Waals surface area contributed by atoms with Gasteiger partial charge in [-0.3, -0.25) is 14.7 Å². The molecule has 7 heteroatoms. The van der Waals surface area contributed by atoms with Crippen LogP contribution in [0.15, 0.2) is 36.7 Å². The molecule has 6 nitrogen and oxygen atoms in total. The quantitative estimate of drug-likeness (QED) is 0.786. The number of benzene rings is 1. The molecule has 1 fully saturated rings. The van der Waals surface area contributed by atoms with Gasteiger partial charge in [-0.15, -0.1) is 0 Å². The molecule has 2 heterocycles. The van der Waals surface area contributed by atoms with Crippen molar-refractivity contribution < 1.29 is 9.53 Å². The number of rotatable bonds is 5. The lowest BCUT2D eigenvalue weighted by Crippen LogP contribution is -2.44. The van der Waals surface area contributed by atoms with Crippen LogP contribution in [-0.4, -0.2) is 42.0 Å². The second-order valence-electron chi connectivity index (χ2n) is 6.45. The van der Waals surface area contributed by atoms with Crippen LogP contribution in [0, 0.1) is 0 Å². The fourth-order valence-electron chi connectivity index (χ4n) is 3.16. The molecule has 0 radical (unpaired) electrons. The van der Waals surface area contributed by atoms with E-state index in [4.69, 9.17) is 22.1 Å². The predicted octanol–water partition coefficient (Wildman–Crippen LogP) is 2.72. The van der Waals surface area contributed by atoms with Crippen molar-refractivity contribution in [1.29, 1.82) is 0 Å². The minimum absolute atomic E-state index is 0.136. The number of carbonyl (C=O) groups excluding carboxylic acids is 1. The Morgan fingerprint density at radius 2 is 2.04 bits per heavy atom. The number of hydrogen-bond acceptors (Lipinski definition) is 5. The highest BCUT2D eigenvalue weighted by atomic mass is 35.5. The van der Waals surface area contributed by atoms with E-state index in [2.05, 4.69) is 15.2 Å². The van der Waals surface area contributed by atoms with Crippen molar-refractivity contribution in [2.45, 2.75) is 25.4 Å². The number of amides is 1. The smallest absolute Gasteiger partial charge is 0.255 e. The Kier molecular flexibility index (Phi) is 5.96. The molecular formula is C19H23ClN4O2. The normalized spacial score (nSPS) is 15.6. The van der Waals surface area contributed by atoms with Gasteiger partial charge in [0.15, 0.2) is 0 Å². The fraction of sp³-hybridized carbons (Fsp3) is 0.368. The lowest BCUT2D eigenvalue weighted by molar-refractivity contribution is 0.0906. The predicted molar refractivity (Wildman–Crippen MR) is 102 cm³/mol. The number of likely N-dealkylation sites (tertiary alicyclic amines) is 1. The number of pyridine rings is 1. The first kappa shape index (κ1) is 18.5. The van der Waals surface area contributed by atoms with Gasteiger partial charge in [0.25, 0.3) is 5.91 Å². The van der Waals surface area contributed by atoms with E-state index in [1.807, 2.05) is 24.5 Å². The van der Waals surface area contributed by atoms with Crippen LogP contribution < -0.4 is 15.8 Å². The average molecular weight is 375 g/mol.